The molecule has 0 N–H and O–H groups in total. The van der Waals surface area contributed by atoms with E-state index in [1.807, 2.05) is 0 Å². The molecule has 0 aromatic rings. The Morgan fingerprint density at radius 2 is 0.238 bits per heavy atom. The van der Waals surface area contributed by atoms with Crippen molar-refractivity contribution < 1.29 is 142 Å². The van der Waals surface area contributed by atoms with E-state index in [2.05, 4.69) is 0 Å². The largest absolute Gasteiger partial charge is 5.00 e. The van der Waals surface area contributed by atoms with Crippen molar-refractivity contribution in [2.75, 3.05) is 0 Å². The number of rotatable bonds is 0. The minimum Gasteiger partial charge on any atom is -0.357 e. The molecule has 0 atom stereocenters. The van der Waals surface area contributed by atoms with Gasteiger partial charge in [-0.15, -0.1) is 0 Å². The van der Waals surface area contributed by atoms with Crippen LogP contribution in [-0.2, 0) is 18.6 Å². The first kappa shape index (κ1) is 38.2. The van der Waals surface area contributed by atoms with Gasteiger partial charge in [0.2, 0.25) is 0 Å². The van der Waals surface area contributed by atoms with E-state index in [9.17, 15) is 0 Å². The van der Waals surface area contributed by atoms with E-state index in [0.717, 1.165) is 0 Å². The van der Waals surface area contributed by atoms with Gasteiger partial charge in [-0.3, -0.25) is 0 Å². The monoisotopic (exact) mass is 466 g/mol. The second-order valence-corrected chi connectivity index (χ2v) is 2.83. The summed E-state index contributed by atoms with van der Waals surface area (Å²) in [7, 11) is -14.3. The van der Waals surface area contributed by atoms with E-state index in [4.69, 9.17) is 69.9 Å². The van der Waals surface area contributed by atoms with Gasteiger partial charge in [0, 0.05) is 0 Å². The molecular formula is Cl5O15V. The van der Waals surface area contributed by atoms with Gasteiger partial charge >= 0.3 is 18.6 Å². The summed E-state index contributed by atoms with van der Waals surface area (Å²) in [5, 5.41) is 0. The predicted molar refractivity (Wildman–Crippen MR) is 0 cm³/mol. The molecule has 0 radical (unpaired) electrons. The standard InChI is InChI=1S/5ClO3.V/c5*2-1(3)4;/q5*-1;+5. The Balaban J connectivity index is -0.0000000331. The smallest absolute Gasteiger partial charge is 0.357 e. The van der Waals surface area contributed by atoms with E-state index >= 15 is 0 Å². The van der Waals surface area contributed by atoms with Gasteiger partial charge in [0.15, 0.2) is 0 Å². The molecule has 21 heavy (non-hydrogen) atoms. The molecule has 0 rings (SSSR count). The molecule has 0 unspecified atom stereocenters. The van der Waals surface area contributed by atoms with Crippen LogP contribution in [0.5, 0.6) is 0 Å². The number of halogens is 5. The van der Waals surface area contributed by atoms with Crippen molar-refractivity contribution in [2.45, 2.75) is 0 Å². The van der Waals surface area contributed by atoms with Crippen LogP contribution in [0, 0.1) is 53.9 Å². The Hall–Kier alpha value is 1.43. The third-order valence-electron chi connectivity index (χ3n) is 0. The van der Waals surface area contributed by atoms with Gasteiger partial charge in [-0.2, -0.15) is 0 Å². The Morgan fingerprint density at radius 3 is 0.238 bits per heavy atom. The predicted octanol–water partition coefficient (Wildman–Crippen LogP) is -17.8. The van der Waals surface area contributed by atoms with E-state index in [0.29, 0.717) is 0 Å². The van der Waals surface area contributed by atoms with Crippen LogP contribution in [0.25, 0.3) is 0 Å². The Labute approximate surface area is 142 Å². The van der Waals surface area contributed by atoms with Crippen LogP contribution in [0.4, 0.5) is 0 Å². The first-order chi connectivity index (χ1) is 8.66. The fourth-order valence-electron chi connectivity index (χ4n) is 0. The van der Waals surface area contributed by atoms with E-state index in [1.54, 1.807) is 0 Å². The topological polar surface area (TPSA) is 346 Å². The maximum Gasteiger partial charge on any atom is 5.00 e. The second-order valence-electron chi connectivity index (χ2n) is 0.945. The summed E-state index contributed by atoms with van der Waals surface area (Å²) in [5.74, 6) is 0. The average molecular weight is 468 g/mol. The summed E-state index contributed by atoms with van der Waals surface area (Å²) in [6.07, 6.45) is 0. The van der Waals surface area contributed by atoms with Crippen LogP contribution in [0.2, 0.25) is 0 Å². The normalized spacial score (nSPS) is 8.57. The summed E-state index contributed by atoms with van der Waals surface area (Å²) < 4.78 is 126. The third kappa shape index (κ3) is 3930. The van der Waals surface area contributed by atoms with Gasteiger partial charge in [0.25, 0.3) is 0 Å². The number of hydrogen-bond donors (Lipinski definition) is 0. The molecule has 0 aromatic heterocycles. The van der Waals surface area contributed by atoms with Crippen LogP contribution >= 0.6 is 0 Å². The van der Waals surface area contributed by atoms with Gasteiger partial charge < -0.3 is 69.9 Å². The fourth-order valence-corrected chi connectivity index (χ4v) is 0. The molecule has 0 saturated carbocycles. The van der Waals surface area contributed by atoms with Crippen molar-refractivity contribution in [3.05, 3.63) is 0 Å². The zero-order valence-corrected chi connectivity index (χ0v) is 13.6. The van der Waals surface area contributed by atoms with Gasteiger partial charge in [-0.1, -0.05) is 0 Å². The molecule has 0 aliphatic heterocycles. The number of hydrogen-bond acceptors (Lipinski definition) is 15. The van der Waals surface area contributed by atoms with Crippen LogP contribution in [-0.4, -0.2) is 0 Å². The first-order valence-electron chi connectivity index (χ1n) is 2.31. The summed E-state index contributed by atoms with van der Waals surface area (Å²) >= 11 is 0. The molecule has 0 spiro atoms. The van der Waals surface area contributed by atoms with Crippen molar-refractivity contribution >= 4 is 0 Å². The molecule has 0 fully saturated rings. The van der Waals surface area contributed by atoms with Gasteiger partial charge in [-0.05, 0) is 0 Å². The average Bonchev–Trinajstić information content (AvgIpc) is 1.94. The zero-order valence-electron chi connectivity index (χ0n) is 8.46. The Morgan fingerprint density at radius 1 is 0.238 bits per heavy atom. The molecule has 21 heteroatoms. The quantitative estimate of drug-likeness (QED) is 0.318. The van der Waals surface area contributed by atoms with E-state index in [1.165, 1.54) is 0 Å². The molecule has 0 aromatic carbocycles. The maximum atomic E-state index is 8.41. The van der Waals surface area contributed by atoms with Crippen LogP contribution in [0.15, 0.2) is 0 Å². The van der Waals surface area contributed by atoms with Crippen molar-refractivity contribution in [3.63, 3.8) is 0 Å². The molecule has 0 aliphatic carbocycles. The minimum atomic E-state index is -2.85. The summed E-state index contributed by atoms with van der Waals surface area (Å²) in [5.41, 5.74) is 0. The summed E-state index contributed by atoms with van der Waals surface area (Å²) in [4.78, 5) is 0. The maximum absolute atomic E-state index is 8.41. The van der Waals surface area contributed by atoms with Crippen LogP contribution < -0.4 is 69.9 Å². The van der Waals surface area contributed by atoms with Crippen molar-refractivity contribution in [3.8, 4) is 0 Å². The Bertz CT molecular complexity index is 80.6. The first-order valence-corrected chi connectivity index (χ1v) is 6.94. The molecule has 0 amide bonds. The van der Waals surface area contributed by atoms with Crippen molar-refractivity contribution in [1.29, 1.82) is 0 Å². The molecule has 0 heterocycles. The van der Waals surface area contributed by atoms with Gasteiger partial charge in [0.05, 0.1) is 53.9 Å². The Kier molecular flexibility index (Phi) is 60.2. The summed E-state index contributed by atoms with van der Waals surface area (Å²) in [6, 6.07) is 0. The molecule has 15 nitrogen and oxygen atoms in total. The van der Waals surface area contributed by atoms with Crippen molar-refractivity contribution in [1.82, 2.24) is 0 Å². The van der Waals surface area contributed by atoms with Crippen LogP contribution in [0.3, 0.4) is 0 Å². The molecule has 0 bridgehead atoms. The molecule has 130 valence electrons. The second kappa shape index (κ2) is 33.1. The molecular weight excluding hydrogens is 468 g/mol. The van der Waals surface area contributed by atoms with E-state index in [-0.39, 0.29) is 18.6 Å². The summed E-state index contributed by atoms with van der Waals surface area (Å²) in [6.45, 7) is 0. The molecule has 0 aliphatic rings. The van der Waals surface area contributed by atoms with E-state index < -0.39 is 53.9 Å². The van der Waals surface area contributed by atoms with Gasteiger partial charge in [0.1, 0.15) is 0 Å². The van der Waals surface area contributed by atoms with Crippen LogP contribution in [0.1, 0.15) is 0 Å². The zero-order chi connectivity index (χ0) is 17.9. The van der Waals surface area contributed by atoms with Crippen molar-refractivity contribution in [2.24, 2.45) is 0 Å². The minimum absolute atomic E-state index is 0. The molecule has 0 saturated heterocycles. The fraction of sp³-hybridized carbons (Fsp3) is 0. The van der Waals surface area contributed by atoms with Gasteiger partial charge in [-0.25, -0.2) is 0 Å². The SMILES string of the molecule is [O-][Cl+2]([O-])[O-].[O-][Cl+2]([O-])[O-].[O-][Cl+2]([O-])[O-].[O-][Cl+2]([O-])[O-].[O-][Cl+2]([O-])[O-].[V+5]. The third-order valence-corrected chi connectivity index (χ3v) is 0.